The number of pyridine rings is 3. The van der Waals surface area contributed by atoms with Crippen molar-refractivity contribution in [3.05, 3.63) is 117 Å². The summed E-state index contributed by atoms with van der Waals surface area (Å²) in [5.74, 6) is 2.34. The number of aliphatic hydroxyl groups is 1. The van der Waals surface area contributed by atoms with E-state index in [1.807, 2.05) is 94.6 Å². The van der Waals surface area contributed by atoms with Gasteiger partial charge in [0.1, 0.15) is 6.61 Å². The number of ether oxygens (including phenoxy) is 5. The minimum Gasteiger partial charge on any atom is -0.490 e. The van der Waals surface area contributed by atoms with Crippen molar-refractivity contribution >= 4 is 40.1 Å². The van der Waals surface area contributed by atoms with Crippen molar-refractivity contribution in [2.24, 2.45) is 0 Å². The molecule has 3 aromatic carbocycles. The largest absolute Gasteiger partial charge is 0.490 e. The second kappa shape index (κ2) is 17.0. The monoisotopic (exact) mass is 779 g/mol. The number of carbonyl (C=O) groups is 1. The summed E-state index contributed by atoms with van der Waals surface area (Å²) in [5.41, 5.74) is 3.91. The molecule has 12 heteroatoms. The highest BCUT2D eigenvalue weighted by atomic mass is 35.5. The first-order chi connectivity index (χ1) is 26.7. The van der Waals surface area contributed by atoms with Crippen LogP contribution in [0.15, 0.2) is 83.8 Å². The molecule has 6 aromatic rings. The standard InChI is InChI=1S/C24H29NO4.C20H16N2O4.ClH/c1-5-26-21-10-9-17(14-22(21)27-6-2)13-20-19-16-24(29-8-4)23(28-7-3)15-18(19)11-12-25-20;1-2-20(25)14-8-16-17-12(7-11-5-3-4-6-15(11)21-17)9-22(16)18(23)13(14)10-26-19(20)24;/h9-12,14-16H,5-8,13H2,1-4H3;3-8,25H,2,9-10H2,1H3;1H. The van der Waals surface area contributed by atoms with Gasteiger partial charge in [-0.05, 0) is 93.6 Å². The van der Waals surface area contributed by atoms with Crippen LogP contribution in [0.1, 0.15) is 69.0 Å². The van der Waals surface area contributed by atoms with Gasteiger partial charge in [0.2, 0.25) is 0 Å². The molecule has 11 nitrogen and oxygen atoms in total. The molecule has 0 spiro atoms. The van der Waals surface area contributed by atoms with Crippen LogP contribution in [0.2, 0.25) is 0 Å². The fourth-order valence-electron chi connectivity index (χ4n) is 7.24. The molecule has 0 bridgehead atoms. The molecule has 1 N–H and O–H groups in total. The Morgan fingerprint density at radius 3 is 2.18 bits per heavy atom. The van der Waals surface area contributed by atoms with E-state index in [1.54, 1.807) is 17.6 Å². The van der Waals surface area contributed by atoms with Crippen LogP contribution in [0.4, 0.5) is 0 Å². The van der Waals surface area contributed by atoms with Crippen molar-refractivity contribution in [3.8, 4) is 34.4 Å². The van der Waals surface area contributed by atoms with Gasteiger partial charge in [0.15, 0.2) is 28.6 Å². The number of para-hydroxylation sites is 1. The van der Waals surface area contributed by atoms with Crippen LogP contribution in [0.25, 0.3) is 33.1 Å². The summed E-state index contributed by atoms with van der Waals surface area (Å²) in [6, 6.07) is 23.7. The SMILES string of the molecule is CCC1(O)C(=O)OCc2c1cc1n(c2=O)Cc2cc3ccccc3nc2-1.CCOc1ccc(Cc2nccc3cc(OCC)c(OCC)cc23)cc1OCC.Cl. The zero-order chi connectivity index (χ0) is 38.7. The van der Waals surface area contributed by atoms with Gasteiger partial charge in [0, 0.05) is 34.5 Å². The van der Waals surface area contributed by atoms with Gasteiger partial charge >= 0.3 is 5.97 Å². The Hall–Kier alpha value is -5.65. The maximum atomic E-state index is 13.0. The summed E-state index contributed by atoms with van der Waals surface area (Å²) in [7, 11) is 0. The summed E-state index contributed by atoms with van der Waals surface area (Å²) in [6.07, 6.45) is 2.66. The van der Waals surface area contributed by atoms with E-state index in [4.69, 9.17) is 28.7 Å². The van der Waals surface area contributed by atoms with E-state index in [9.17, 15) is 14.7 Å². The van der Waals surface area contributed by atoms with E-state index in [-0.39, 0.29) is 31.0 Å². The normalized spacial score (nSPS) is 15.1. The molecule has 2 aliphatic heterocycles. The van der Waals surface area contributed by atoms with Gasteiger partial charge in [-0.25, -0.2) is 9.78 Å². The summed E-state index contributed by atoms with van der Waals surface area (Å²) >= 11 is 0. The van der Waals surface area contributed by atoms with E-state index in [1.165, 1.54) is 0 Å². The highest BCUT2D eigenvalue weighted by Gasteiger charge is 2.45. The van der Waals surface area contributed by atoms with Crippen LogP contribution < -0.4 is 24.5 Å². The summed E-state index contributed by atoms with van der Waals surface area (Å²) < 4.78 is 29.7. The lowest BCUT2D eigenvalue weighted by atomic mass is 9.86. The molecule has 5 heterocycles. The number of aromatic nitrogens is 3. The third-order valence-corrected chi connectivity index (χ3v) is 9.91. The van der Waals surface area contributed by atoms with Gasteiger partial charge in [0.05, 0.1) is 61.1 Å². The van der Waals surface area contributed by atoms with Gasteiger partial charge < -0.3 is 33.4 Å². The molecule has 0 fully saturated rings. The van der Waals surface area contributed by atoms with Crippen molar-refractivity contribution in [3.63, 3.8) is 0 Å². The number of fused-ring (bicyclic) bond motifs is 6. The average molecular weight is 780 g/mol. The Balaban J connectivity index is 0.000000187. The maximum absolute atomic E-state index is 13.0. The lowest BCUT2D eigenvalue weighted by Gasteiger charge is -2.31. The summed E-state index contributed by atoms with van der Waals surface area (Å²) in [6.45, 7) is 12.3. The molecule has 0 amide bonds. The average Bonchev–Trinajstić information content (AvgIpc) is 3.55. The number of nitrogens with zero attached hydrogens (tertiary/aromatic N) is 3. The number of halogens is 1. The van der Waals surface area contributed by atoms with Gasteiger partial charge in [0.25, 0.3) is 5.56 Å². The van der Waals surface area contributed by atoms with Crippen LogP contribution in [0, 0.1) is 0 Å². The minimum absolute atomic E-state index is 0. The van der Waals surface area contributed by atoms with E-state index < -0.39 is 11.6 Å². The number of hydrogen-bond donors (Lipinski definition) is 1. The number of benzene rings is 3. The fourth-order valence-corrected chi connectivity index (χ4v) is 7.24. The Bertz CT molecular complexity index is 2470. The number of cyclic esters (lactones) is 1. The van der Waals surface area contributed by atoms with Crippen molar-refractivity contribution in [1.82, 2.24) is 14.5 Å². The Morgan fingerprint density at radius 2 is 1.46 bits per heavy atom. The van der Waals surface area contributed by atoms with Gasteiger partial charge in [-0.2, -0.15) is 0 Å². The number of rotatable bonds is 11. The third kappa shape index (κ3) is 7.48. The summed E-state index contributed by atoms with van der Waals surface area (Å²) in [5, 5.41) is 14.0. The second-order valence-corrected chi connectivity index (χ2v) is 13.3. The Labute approximate surface area is 331 Å². The topological polar surface area (TPSA) is 131 Å². The van der Waals surface area contributed by atoms with E-state index in [0.717, 1.165) is 67.2 Å². The highest BCUT2D eigenvalue weighted by molar-refractivity contribution is 5.88. The molecule has 56 heavy (non-hydrogen) atoms. The van der Waals surface area contributed by atoms with Crippen LogP contribution in [0.3, 0.4) is 0 Å². The molecular formula is C44H46ClN3O8. The predicted molar refractivity (Wildman–Crippen MR) is 217 cm³/mol. The van der Waals surface area contributed by atoms with Gasteiger partial charge in [-0.3, -0.25) is 9.78 Å². The molecule has 8 rings (SSSR count). The van der Waals surface area contributed by atoms with Crippen LogP contribution in [-0.2, 0) is 34.7 Å². The third-order valence-electron chi connectivity index (χ3n) is 9.91. The number of hydrogen-bond acceptors (Lipinski definition) is 10. The molecule has 0 saturated heterocycles. The molecule has 2 aliphatic rings. The minimum atomic E-state index is -1.79. The smallest absolute Gasteiger partial charge is 0.343 e. The molecule has 0 radical (unpaired) electrons. The highest BCUT2D eigenvalue weighted by Crippen LogP contribution is 2.39. The molecule has 292 valence electrons. The number of carbonyl (C=O) groups excluding carboxylic acids is 1. The molecule has 3 aromatic heterocycles. The van der Waals surface area contributed by atoms with E-state index in [0.29, 0.717) is 56.2 Å². The maximum Gasteiger partial charge on any atom is 0.343 e. The molecule has 0 saturated carbocycles. The van der Waals surface area contributed by atoms with E-state index in [2.05, 4.69) is 11.1 Å². The zero-order valence-electron chi connectivity index (χ0n) is 32.2. The molecule has 0 aliphatic carbocycles. The number of esters is 1. The van der Waals surface area contributed by atoms with Crippen molar-refractivity contribution in [2.75, 3.05) is 26.4 Å². The van der Waals surface area contributed by atoms with Crippen LogP contribution in [0.5, 0.6) is 23.0 Å². The van der Waals surface area contributed by atoms with Gasteiger partial charge in [-0.1, -0.05) is 31.2 Å². The summed E-state index contributed by atoms with van der Waals surface area (Å²) in [4.78, 5) is 34.5. The van der Waals surface area contributed by atoms with Crippen LogP contribution in [-0.4, -0.2) is 52.0 Å². The first-order valence-electron chi connectivity index (χ1n) is 18.8. The van der Waals surface area contributed by atoms with Crippen molar-refractivity contribution in [1.29, 1.82) is 0 Å². The lowest BCUT2D eigenvalue weighted by molar-refractivity contribution is -0.172. The molecular weight excluding hydrogens is 734 g/mol. The fraction of sp³-hybridized carbons (Fsp3) is 0.318. The molecule has 1 unspecified atom stereocenters. The molecule has 1 atom stereocenters. The first kappa shape index (κ1) is 40.0. The van der Waals surface area contributed by atoms with E-state index >= 15 is 0 Å². The first-order valence-corrected chi connectivity index (χ1v) is 18.8. The van der Waals surface area contributed by atoms with Crippen molar-refractivity contribution < 1.29 is 33.6 Å². The lowest BCUT2D eigenvalue weighted by Crippen LogP contribution is -2.44. The second-order valence-electron chi connectivity index (χ2n) is 13.3. The Kier molecular flexibility index (Phi) is 12.2. The quantitative estimate of drug-likeness (QED) is 0.129. The predicted octanol–water partition coefficient (Wildman–Crippen LogP) is 7.92. The zero-order valence-corrected chi connectivity index (χ0v) is 33.0. The Morgan fingerprint density at radius 1 is 0.786 bits per heavy atom. The van der Waals surface area contributed by atoms with Gasteiger partial charge in [-0.15, -0.1) is 12.4 Å². The van der Waals surface area contributed by atoms with Crippen LogP contribution >= 0.6 is 12.4 Å². The van der Waals surface area contributed by atoms with Crippen molar-refractivity contribution in [2.45, 2.75) is 66.2 Å².